The highest BCUT2D eigenvalue weighted by molar-refractivity contribution is 5.21. The van der Waals surface area contributed by atoms with Gasteiger partial charge in [-0.15, -0.1) is 0 Å². The van der Waals surface area contributed by atoms with Gasteiger partial charge in [-0.25, -0.2) is 4.79 Å². The maximum Gasteiger partial charge on any atom is 0.330 e. The second-order valence-corrected chi connectivity index (χ2v) is 4.69. The number of rotatable bonds is 5. The zero-order valence-electron chi connectivity index (χ0n) is 11.7. The Kier molecular flexibility index (Phi) is 4.53. The molecule has 0 spiro atoms. The summed E-state index contributed by atoms with van der Waals surface area (Å²) in [6, 6.07) is 8.16. The van der Waals surface area contributed by atoms with Crippen molar-refractivity contribution in [2.45, 2.75) is 33.6 Å². The fourth-order valence-corrected chi connectivity index (χ4v) is 1.85. The number of nitrogens with one attached hydrogen (secondary N) is 1. The van der Waals surface area contributed by atoms with Crippen LogP contribution in [0, 0.1) is 6.92 Å². The van der Waals surface area contributed by atoms with Crippen molar-refractivity contribution in [3.8, 4) is 0 Å². The van der Waals surface area contributed by atoms with Crippen LogP contribution in [-0.4, -0.2) is 9.55 Å². The van der Waals surface area contributed by atoms with Crippen molar-refractivity contribution in [1.29, 1.82) is 0 Å². The molecule has 0 fully saturated rings. The third-order valence-corrected chi connectivity index (χ3v) is 3.12. The van der Waals surface area contributed by atoms with Crippen LogP contribution in [0.5, 0.6) is 0 Å². The van der Waals surface area contributed by atoms with Crippen LogP contribution in [-0.2, 0) is 24.5 Å². The Hall–Kier alpha value is -2.14. The van der Waals surface area contributed by atoms with Crippen molar-refractivity contribution in [3.63, 3.8) is 0 Å². The van der Waals surface area contributed by atoms with Gasteiger partial charge in [0, 0.05) is 11.8 Å². The molecule has 1 N–H and O–H groups in total. The maximum atomic E-state index is 11.5. The van der Waals surface area contributed by atoms with Gasteiger partial charge in [0.1, 0.15) is 6.73 Å². The molecule has 1 aromatic heterocycles. The number of benzene rings is 1. The summed E-state index contributed by atoms with van der Waals surface area (Å²) < 4.78 is 6.84. The van der Waals surface area contributed by atoms with E-state index in [1.54, 1.807) is 6.92 Å². The Morgan fingerprint density at radius 3 is 2.45 bits per heavy atom. The molecule has 1 aromatic carbocycles. The molecule has 0 saturated heterocycles. The van der Waals surface area contributed by atoms with Crippen LogP contribution in [0.15, 0.2) is 40.1 Å². The zero-order valence-corrected chi connectivity index (χ0v) is 11.7. The molecule has 0 bridgehead atoms. The number of hydrogen-bond acceptors (Lipinski definition) is 3. The van der Waals surface area contributed by atoms with Gasteiger partial charge in [-0.05, 0) is 24.5 Å². The standard InChI is InChI=1S/C15H18N2O3/c1-3-12-4-6-13(7-5-12)9-20-10-17-8-11(2)14(18)16-15(17)19/h4-8H,3,9-10H2,1-2H3,(H,16,18,19). The molecule has 2 rings (SSSR count). The third kappa shape index (κ3) is 3.45. The van der Waals surface area contributed by atoms with Gasteiger partial charge in [-0.3, -0.25) is 14.3 Å². The predicted octanol–water partition coefficient (Wildman–Crippen LogP) is 1.58. The molecule has 1 heterocycles. The Balaban J connectivity index is 1.97. The smallest absolute Gasteiger partial charge is 0.330 e. The van der Waals surface area contributed by atoms with Crippen molar-refractivity contribution in [2.24, 2.45) is 0 Å². The molecule has 5 nitrogen and oxygen atoms in total. The van der Waals surface area contributed by atoms with Crippen molar-refractivity contribution in [2.75, 3.05) is 0 Å². The van der Waals surface area contributed by atoms with Crippen LogP contribution >= 0.6 is 0 Å². The highest BCUT2D eigenvalue weighted by Crippen LogP contribution is 2.06. The summed E-state index contributed by atoms with van der Waals surface area (Å²) in [6.45, 7) is 4.30. The van der Waals surface area contributed by atoms with Gasteiger partial charge in [-0.2, -0.15) is 0 Å². The highest BCUT2D eigenvalue weighted by atomic mass is 16.5. The van der Waals surface area contributed by atoms with Crippen molar-refractivity contribution in [3.05, 3.63) is 68.0 Å². The molecule has 0 radical (unpaired) electrons. The molecule has 0 atom stereocenters. The quantitative estimate of drug-likeness (QED) is 0.900. The molecule has 0 aliphatic carbocycles. The first-order valence-electron chi connectivity index (χ1n) is 6.56. The molecule has 5 heteroatoms. The van der Waals surface area contributed by atoms with Gasteiger partial charge in [0.15, 0.2) is 0 Å². The lowest BCUT2D eigenvalue weighted by Crippen LogP contribution is -2.31. The summed E-state index contributed by atoms with van der Waals surface area (Å²) in [5.41, 5.74) is 2.00. The summed E-state index contributed by atoms with van der Waals surface area (Å²) in [4.78, 5) is 25.0. The average Bonchev–Trinajstić information content (AvgIpc) is 2.45. The zero-order chi connectivity index (χ0) is 14.5. The molecule has 0 aliphatic rings. The Morgan fingerprint density at radius 1 is 1.15 bits per heavy atom. The van der Waals surface area contributed by atoms with E-state index in [-0.39, 0.29) is 12.3 Å². The van der Waals surface area contributed by atoms with Crippen LogP contribution in [0.25, 0.3) is 0 Å². The lowest BCUT2D eigenvalue weighted by atomic mass is 10.1. The Bertz CT molecular complexity index is 684. The van der Waals surface area contributed by atoms with Crippen molar-refractivity contribution in [1.82, 2.24) is 9.55 Å². The maximum absolute atomic E-state index is 11.5. The van der Waals surface area contributed by atoms with Gasteiger partial charge in [0.25, 0.3) is 5.56 Å². The van der Waals surface area contributed by atoms with E-state index in [2.05, 4.69) is 24.0 Å². The van der Waals surface area contributed by atoms with Crippen LogP contribution in [0.1, 0.15) is 23.6 Å². The molecule has 0 aliphatic heterocycles. The third-order valence-electron chi connectivity index (χ3n) is 3.12. The van der Waals surface area contributed by atoms with Crippen LogP contribution < -0.4 is 11.2 Å². The molecule has 2 aromatic rings. The van der Waals surface area contributed by atoms with Gasteiger partial charge in [0.05, 0.1) is 6.61 Å². The summed E-state index contributed by atoms with van der Waals surface area (Å²) in [6.07, 6.45) is 2.51. The minimum Gasteiger partial charge on any atom is -0.356 e. The van der Waals surface area contributed by atoms with Gasteiger partial charge < -0.3 is 4.74 Å². The SMILES string of the molecule is CCc1ccc(COCn2cc(C)c(=O)[nH]c2=O)cc1. The minimum absolute atomic E-state index is 0.117. The monoisotopic (exact) mass is 274 g/mol. The first kappa shape index (κ1) is 14.3. The second kappa shape index (κ2) is 6.34. The first-order chi connectivity index (χ1) is 9.60. The fraction of sp³-hybridized carbons (Fsp3) is 0.333. The topological polar surface area (TPSA) is 64.1 Å². The molecule has 0 amide bonds. The second-order valence-electron chi connectivity index (χ2n) is 4.69. The molecular formula is C15H18N2O3. The normalized spacial score (nSPS) is 10.7. The van der Waals surface area contributed by atoms with Gasteiger partial charge in [0.2, 0.25) is 0 Å². The van der Waals surface area contributed by atoms with Gasteiger partial charge >= 0.3 is 5.69 Å². The number of ether oxygens (including phenoxy) is 1. The average molecular weight is 274 g/mol. The first-order valence-corrected chi connectivity index (χ1v) is 6.56. The van der Waals surface area contributed by atoms with E-state index in [9.17, 15) is 9.59 Å². The Morgan fingerprint density at radius 2 is 1.80 bits per heavy atom. The van der Waals surface area contributed by atoms with Crippen LogP contribution in [0.2, 0.25) is 0 Å². The number of aryl methyl sites for hydroxylation is 2. The molecule has 0 unspecified atom stereocenters. The van der Waals surface area contributed by atoms with E-state index in [0.29, 0.717) is 12.2 Å². The molecule has 106 valence electrons. The van der Waals surface area contributed by atoms with Crippen LogP contribution in [0.3, 0.4) is 0 Å². The summed E-state index contributed by atoms with van der Waals surface area (Å²) in [5.74, 6) is 0. The number of nitrogens with zero attached hydrogens (tertiary/aromatic N) is 1. The fourth-order valence-electron chi connectivity index (χ4n) is 1.85. The van der Waals surface area contributed by atoms with E-state index in [1.807, 2.05) is 12.1 Å². The number of aromatic amines is 1. The van der Waals surface area contributed by atoms with E-state index >= 15 is 0 Å². The molecule has 0 saturated carbocycles. The van der Waals surface area contributed by atoms with E-state index in [4.69, 9.17) is 4.74 Å². The molecule has 20 heavy (non-hydrogen) atoms. The van der Waals surface area contributed by atoms with Gasteiger partial charge in [-0.1, -0.05) is 31.2 Å². The largest absolute Gasteiger partial charge is 0.356 e. The summed E-state index contributed by atoms with van der Waals surface area (Å²) in [5, 5.41) is 0. The Labute approximate surface area is 116 Å². The summed E-state index contributed by atoms with van der Waals surface area (Å²) >= 11 is 0. The van der Waals surface area contributed by atoms with E-state index < -0.39 is 5.69 Å². The number of hydrogen-bond donors (Lipinski definition) is 1. The van der Waals surface area contributed by atoms with E-state index in [1.165, 1.54) is 16.3 Å². The summed E-state index contributed by atoms with van der Waals surface area (Å²) in [7, 11) is 0. The van der Waals surface area contributed by atoms with E-state index in [0.717, 1.165) is 12.0 Å². The molecular weight excluding hydrogens is 256 g/mol. The van der Waals surface area contributed by atoms with Crippen molar-refractivity contribution < 1.29 is 4.74 Å². The lowest BCUT2D eigenvalue weighted by molar-refractivity contribution is 0.0606. The highest BCUT2D eigenvalue weighted by Gasteiger charge is 2.01. The lowest BCUT2D eigenvalue weighted by Gasteiger charge is -2.08. The van der Waals surface area contributed by atoms with Crippen LogP contribution in [0.4, 0.5) is 0 Å². The van der Waals surface area contributed by atoms with Crippen molar-refractivity contribution >= 4 is 0 Å². The minimum atomic E-state index is -0.457. The number of H-pyrrole nitrogens is 1. The predicted molar refractivity (Wildman–Crippen MR) is 76.7 cm³/mol. The number of aromatic nitrogens is 2.